The molecule has 0 N–H and O–H groups in total. The normalized spacial score (nSPS) is 12.0. The van der Waals surface area contributed by atoms with Gasteiger partial charge in [0.15, 0.2) is 0 Å². The fourth-order valence-corrected chi connectivity index (χ4v) is 6.45. The fourth-order valence-electron chi connectivity index (χ4n) is 6.45. The maximum absolute atomic E-state index is 6.13. The molecule has 0 unspecified atom stereocenters. The molecular formula is C39H27NO. The molecule has 0 fully saturated rings. The number of rotatable bonds is 4. The van der Waals surface area contributed by atoms with Gasteiger partial charge >= 0.3 is 0 Å². The Morgan fingerprint density at radius 3 is 2.24 bits per heavy atom. The van der Waals surface area contributed by atoms with Crippen molar-refractivity contribution in [3.63, 3.8) is 0 Å². The van der Waals surface area contributed by atoms with E-state index in [1.54, 1.807) is 0 Å². The van der Waals surface area contributed by atoms with Crippen molar-refractivity contribution in [2.45, 2.75) is 6.92 Å². The molecule has 0 radical (unpaired) electrons. The van der Waals surface area contributed by atoms with Crippen LogP contribution < -0.4 is 0 Å². The zero-order chi connectivity index (χ0) is 27.5. The summed E-state index contributed by atoms with van der Waals surface area (Å²) >= 11 is 0. The molecule has 0 atom stereocenters. The molecule has 0 aliphatic rings. The van der Waals surface area contributed by atoms with Gasteiger partial charge in [-0.05, 0) is 88.5 Å². The Hall–Kier alpha value is -5.34. The number of allylic oxidation sites excluding steroid dienone is 2. The van der Waals surface area contributed by atoms with Crippen LogP contribution in [0.25, 0.3) is 77.4 Å². The summed E-state index contributed by atoms with van der Waals surface area (Å²) in [6.07, 6.45) is 6.00. The number of hydrogen-bond acceptors (Lipinski definition) is 1. The summed E-state index contributed by atoms with van der Waals surface area (Å²) < 4.78 is 8.50. The van der Waals surface area contributed by atoms with Crippen molar-refractivity contribution in [2.24, 2.45) is 0 Å². The molecule has 0 bridgehead atoms. The molecule has 2 heterocycles. The molecular weight excluding hydrogens is 498 g/mol. The van der Waals surface area contributed by atoms with E-state index in [1.807, 2.05) is 24.3 Å². The first-order valence-electron chi connectivity index (χ1n) is 14.0. The Kier molecular flexibility index (Phi) is 5.23. The average Bonchev–Trinajstić information content (AvgIpc) is 3.55. The van der Waals surface area contributed by atoms with Crippen LogP contribution in [0.1, 0.15) is 11.1 Å². The fraction of sp³-hybridized carbons (Fsp3) is 0.0256. The number of aromatic nitrogens is 1. The maximum Gasteiger partial charge on any atom is 0.135 e. The van der Waals surface area contributed by atoms with E-state index < -0.39 is 0 Å². The third-order valence-electron chi connectivity index (χ3n) is 8.34. The highest BCUT2D eigenvalue weighted by Crippen LogP contribution is 2.40. The molecule has 0 saturated heterocycles. The van der Waals surface area contributed by atoms with Crippen molar-refractivity contribution < 1.29 is 4.42 Å². The van der Waals surface area contributed by atoms with Crippen LogP contribution in [0.4, 0.5) is 0 Å². The molecule has 8 rings (SSSR count). The van der Waals surface area contributed by atoms with E-state index in [0.29, 0.717) is 0 Å². The first kappa shape index (κ1) is 23.5. The molecule has 0 spiro atoms. The summed E-state index contributed by atoms with van der Waals surface area (Å²) in [5.74, 6) is 0. The van der Waals surface area contributed by atoms with Gasteiger partial charge in [0, 0.05) is 27.2 Å². The van der Waals surface area contributed by atoms with Gasteiger partial charge in [0.1, 0.15) is 11.2 Å². The van der Waals surface area contributed by atoms with E-state index in [9.17, 15) is 0 Å². The molecule has 2 heteroatoms. The number of furan rings is 1. The van der Waals surface area contributed by atoms with Gasteiger partial charge in [0.05, 0.1) is 11.0 Å². The van der Waals surface area contributed by atoms with Crippen LogP contribution >= 0.6 is 0 Å². The van der Waals surface area contributed by atoms with E-state index in [1.165, 1.54) is 54.8 Å². The minimum absolute atomic E-state index is 0.908. The summed E-state index contributed by atoms with van der Waals surface area (Å²) in [4.78, 5) is 0. The summed E-state index contributed by atoms with van der Waals surface area (Å²) in [5, 5.41) is 7.25. The number of benzene rings is 6. The van der Waals surface area contributed by atoms with Gasteiger partial charge in [-0.25, -0.2) is 0 Å². The summed E-state index contributed by atoms with van der Waals surface area (Å²) in [6.45, 7) is 6.10. The van der Waals surface area contributed by atoms with E-state index in [-0.39, 0.29) is 0 Å². The van der Waals surface area contributed by atoms with Gasteiger partial charge in [-0.15, -0.1) is 0 Å². The quantitative estimate of drug-likeness (QED) is 0.209. The highest BCUT2D eigenvalue weighted by Gasteiger charge is 2.17. The average molecular weight is 526 g/mol. The number of hydrogen-bond donors (Lipinski definition) is 0. The van der Waals surface area contributed by atoms with Crippen LogP contribution in [0.5, 0.6) is 0 Å². The summed E-state index contributed by atoms with van der Waals surface area (Å²) in [6, 6.07) is 41.3. The zero-order valence-electron chi connectivity index (χ0n) is 22.8. The minimum atomic E-state index is 0.908. The van der Waals surface area contributed by atoms with Crippen molar-refractivity contribution in [1.82, 2.24) is 4.57 Å². The van der Waals surface area contributed by atoms with E-state index in [2.05, 4.69) is 127 Å². The highest BCUT2D eigenvalue weighted by molar-refractivity contribution is 6.12. The van der Waals surface area contributed by atoms with Crippen molar-refractivity contribution in [1.29, 1.82) is 0 Å². The minimum Gasteiger partial charge on any atom is -0.456 e. The first-order valence-corrected chi connectivity index (χ1v) is 14.0. The van der Waals surface area contributed by atoms with Gasteiger partial charge < -0.3 is 8.98 Å². The molecule has 194 valence electrons. The molecule has 2 aromatic heterocycles. The van der Waals surface area contributed by atoms with Gasteiger partial charge in [0.25, 0.3) is 0 Å². The van der Waals surface area contributed by atoms with E-state index >= 15 is 0 Å². The molecule has 0 aliphatic carbocycles. The third-order valence-corrected chi connectivity index (χ3v) is 8.34. The standard InChI is InChI=1S/C39H27NO/c1-3-4-11-26-22-27-12-5-6-13-30(27)39(25(26)2)28-18-20-36-33(23-28)31-14-7-9-16-35(31)40(36)29-19-21-38-34(24-29)32-15-8-10-17-37(32)41-38/h3-24H,1H2,2H3/b11-4-. The van der Waals surface area contributed by atoms with Crippen LogP contribution in [-0.2, 0) is 0 Å². The molecule has 8 aromatic rings. The predicted molar refractivity (Wildman–Crippen MR) is 175 cm³/mol. The molecule has 0 aliphatic heterocycles. The van der Waals surface area contributed by atoms with Crippen molar-refractivity contribution in [3.05, 3.63) is 145 Å². The van der Waals surface area contributed by atoms with Crippen LogP contribution in [0.3, 0.4) is 0 Å². The maximum atomic E-state index is 6.13. The van der Waals surface area contributed by atoms with Crippen molar-refractivity contribution in [2.75, 3.05) is 0 Å². The predicted octanol–water partition coefficient (Wildman–Crippen LogP) is 11.0. The van der Waals surface area contributed by atoms with E-state index in [4.69, 9.17) is 4.42 Å². The summed E-state index contributed by atoms with van der Waals surface area (Å²) in [5.41, 5.74) is 10.3. The number of fused-ring (bicyclic) bond motifs is 7. The Balaban J connectivity index is 1.40. The lowest BCUT2D eigenvalue weighted by Crippen LogP contribution is -1.94. The third kappa shape index (κ3) is 3.58. The van der Waals surface area contributed by atoms with Crippen molar-refractivity contribution in [3.8, 4) is 16.8 Å². The number of nitrogens with zero attached hydrogens (tertiary/aromatic N) is 1. The Morgan fingerprint density at radius 1 is 0.634 bits per heavy atom. The summed E-state index contributed by atoms with van der Waals surface area (Å²) in [7, 11) is 0. The Labute approximate surface area is 238 Å². The zero-order valence-corrected chi connectivity index (χ0v) is 22.8. The molecule has 0 amide bonds. The molecule has 41 heavy (non-hydrogen) atoms. The van der Waals surface area contributed by atoms with Crippen LogP contribution in [-0.4, -0.2) is 4.57 Å². The van der Waals surface area contributed by atoms with Gasteiger partial charge in [-0.3, -0.25) is 0 Å². The van der Waals surface area contributed by atoms with Crippen LogP contribution in [0, 0.1) is 6.92 Å². The van der Waals surface area contributed by atoms with Crippen LogP contribution in [0.15, 0.2) is 138 Å². The second kappa shape index (κ2) is 9.11. The van der Waals surface area contributed by atoms with Gasteiger partial charge in [0.2, 0.25) is 0 Å². The smallest absolute Gasteiger partial charge is 0.135 e. The first-order chi connectivity index (χ1) is 20.2. The lowest BCUT2D eigenvalue weighted by Gasteiger charge is -2.15. The highest BCUT2D eigenvalue weighted by atomic mass is 16.3. The molecule has 6 aromatic carbocycles. The van der Waals surface area contributed by atoms with Crippen LogP contribution in [0.2, 0.25) is 0 Å². The lowest BCUT2D eigenvalue weighted by atomic mass is 9.89. The Bertz CT molecular complexity index is 2340. The topological polar surface area (TPSA) is 18.1 Å². The van der Waals surface area contributed by atoms with Gasteiger partial charge in [-0.1, -0.05) is 91.5 Å². The Morgan fingerprint density at radius 2 is 1.37 bits per heavy atom. The number of para-hydroxylation sites is 2. The molecule has 2 nitrogen and oxygen atoms in total. The van der Waals surface area contributed by atoms with Crippen molar-refractivity contribution >= 4 is 60.6 Å². The monoisotopic (exact) mass is 525 g/mol. The lowest BCUT2D eigenvalue weighted by molar-refractivity contribution is 0.669. The molecule has 0 saturated carbocycles. The largest absolute Gasteiger partial charge is 0.456 e. The second-order valence-corrected chi connectivity index (χ2v) is 10.6. The SMILES string of the molecule is C=C/C=C\c1cc2ccccc2c(-c2ccc3c(c2)c2ccccc2n3-c2ccc3oc4ccccc4c3c2)c1C. The van der Waals surface area contributed by atoms with E-state index in [0.717, 1.165) is 27.6 Å². The van der Waals surface area contributed by atoms with Gasteiger partial charge in [-0.2, -0.15) is 0 Å². The second-order valence-electron chi connectivity index (χ2n) is 10.6.